The molecule has 6 nitrogen and oxygen atoms in total. The lowest BCUT2D eigenvalue weighted by atomic mass is 9.78. The van der Waals surface area contributed by atoms with Crippen LogP contribution >= 0.6 is 0 Å². The van der Waals surface area contributed by atoms with Crippen molar-refractivity contribution >= 4 is 11.9 Å². The third kappa shape index (κ3) is 4.16. The van der Waals surface area contributed by atoms with Gasteiger partial charge in [-0.05, 0) is 31.6 Å². The van der Waals surface area contributed by atoms with Crippen molar-refractivity contribution in [3.05, 3.63) is 22.1 Å². The maximum Gasteiger partial charge on any atom is 0.252 e. The van der Waals surface area contributed by atoms with E-state index in [-0.39, 0.29) is 17.5 Å². The van der Waals surface area contributed by atoms with Crippen LogP contribution < -0.4 is 15.8 Å². The average molecular weight is 332 g/mol. The normalized spacial score (nSPS) is 27.2. The van der Waals surface area contributed by atoms with E-state index in [2.05, 4.69) is 22.2 Å². The van der Waals surface area contributed by atoms with Gasteiger partial charge in [0.05, 0.1) is 0 Å². The van der Waals surface area contributed by atoms with Crippen LogP contribution in [0.15, 0.2) is 10.9 Å². The number of rotatable bonds is 4. The van der Waals surface area contributed by atoms with E-state index >= 15 is 0 Å². The fourth-order valence-electron chi connectivity index (χ4n) is 4.00. The summed E-state index contributed by atoms with van der Waals surface area (Å²) in [4.78, 5) is 33.2. The van der Waals surface area contributed by atoms with Gasteiger partial charge in [0.15, 0.2) is 0 Å². The summed E-state index contributed by atoms with van der Waals surface area (Å²) < 4.78 is 0. The highest BCUT2D eigenvalue weighted by atomic mass is 16.1. The Morgan fingerprint density at radius 3 is 2.92 bits per heavy atom. The molecule has 3 unspecified atom stereocenters. The van der Waals surface area contributed by atoms with E-state index in [1.54, 1.807) is 0 Å². The molecule has 1 aliphatic carbocycles. The molecule has 0 radical (unpaired) electrons. The second-order valence-corrected chi connectivity index (χ2v) is 7.44. The first-order valence-corrected chi connectivity index (χ1v) is 9.13. The quantitative estimate of drug-likeness (QED) is 0.884. The molecule has 0 bridgehead atoms. The number of H-pyrrole nitrogens is 1. The number of aromatic amines is 1. The van der Waals surface area contributed by atoms with E-state index in [4.69, 9.17) is 0 Å². The molecule has 1 aliphatic heterocycles. The minimum Gasteiger partial charge on any atom is -0.352 e. The molecule has 2 N–H and O–H groups in total. The third-order valence-electron chi connectivity index (χ3n) is 5.45. The maximum atomic E-state index is 12.4. The van der Waals surface area contributed by atoms with Gasteiger partial charge in [-0.25, -0.2) is 4.98 Å². The van der Waals surface area contributed by atoms with Crippen LogP contribution in [0.3, 0.4) is 0 Å². The number of anilines is 1. The molecule has 0 aromatic carbocycles. The lowest BCUT2D eigenvalue weighted by Crippen LogP contribution is -2.39. The van der Waals surface area contributed by atoms with Gasteiger partial charge in [0, 0.05) is 37.3 Å². The Morgan fingerprint density at radius 1 is 1.38 bits per heavy atom. The lowest BCUT2D eigenvalue weighted by molar-refractivity contribution is -0.123. The number of hydrogen-bond acceptors (Lipinski definition) is 4. The van der Waals surface area contributed by atoms with Crippen molar-refractivity contribution in [2.75, 3.05) is 18.0 Å². The van der Waals surface area contributed by atoms with Crippen LogP contribution in [0.2, 0.25) is 0 Å². The summed E-state index contributed by atoms with van der Waals surface area (Å²) in [7, 11) is 0. The number of nitrogens with one attached hydrogen (secondary N) is 2. The van der Waals surface area contributed by atoms with Crippen LogP contribution in [0.25, 0.3) is 0 Å². The zero-order chi connectivity index (χ0) is 17.1. The number of carbonyl (C=O) groups excluding carboxylic acids is 1. The van der Waals surface area contributed by atoms with Crippen molar-refractivity contribution in [3.8, 4) is 0 Å². The van der Waals surface area contributed by atoms with E-state index in [9.17, 15) is 9.59 Å². The Morgan fingerprint density at radius 2 is 2.17 bits per heavy atom. The molecule has 1 saturated heterocycles. The monoisotopic (exact) mass is 332 g/mol. The second-order valence-electron chi connectivity index (χ2n) is 7.44. The van der Waals surface area contributed by atoms with Crippen LogP contribution in [0.5, 0.6) is 0 Å². The molecule has 1 amide bonds. The molecule has 0 spiro atoms. The second kappa shape index (κ2) is 7.36. The number of carbonyl (C=O) groups is 1. The maximum absolute atomic E-state index is 12.4. The summed E-state index contributed by atoms with van der Waals surface area (Å²) in [5, 5.41) is 3.18. The van der Waals surface area contributed by atoms with Crippen molar-refractivity contribution in [2.24, 2.45) is 11.8 Å². The fourth-order valence-corrected chi connectivity index (χ4v) is 4.00. The van der Waals surface area contributed by atoms with Crippen LogP contribution in [0, 0.1) is 18.8 Å². The largest absolute Gasteiger partial charge is 0.352 e. The van der Waals surface area contributed by atoms with E-state index in [0.29, 0.717) is 36.4 Å². The number of hydrogen-bond donors (Lipinski definition) is 2. The molecule has 132 valence electrons. The number of aromatic nitrogens is 2. The van der Waals surface area contributed by atoms with Gasteiger partial charge in [-0.15, -0.1) is 0 Å². The first kappa shape index (κ1) is 17.0. The minimum absolute atomic E-state index is 0.128. The summed E-state index contributed by atoms with van der Waals surface area (Å²) in [5.41, 5.74) is 0.587. The molecule has 1 saturated carbocycles. The zero-order valence-corrected chi connectivity index (χ0v) is 14.7. The topological polar surface area (TPSA) is 78.1 Å². The highest BCUT2D eigenvalue weighted by Crippen LogP contribution is 2.31. The summed E-state index contributed by atoms with van der Waals surface area (Å²) in [5.74, 6) is 1.97. The number of nitrogens with zero attached hydrogens (tertiary/aromatic N) is 2. The third-order valence-corrected chi connectivity index (χ3v) is 5.45. The first-order chi connectivity index (χ1) is 11.5. The summed E-state index contributed by atoms with van der Waals surface area (Å²) in [6.07, 6.45) is 6.53. The molecule has 1 aromatic rings. The highest BCUT2D eigenvalue weighted by molar-refractivity contribution is 5.76. The van der Waals surface area contributed by atoms with Crippen molar-refractivity contribution in [1.82, 2.24) is 15.3 Å². The lowest BCUT2D eigenvalue weighted by Gasteiger charge is -2.28. The van der Waals surface area contributed by atoms with Gasteiger partial charge < -0.3 is 10.2 Å². The van der Waals surface area contributed by atoms with Gasteiger partial charge in [-0.2, -0.15) is 0 Å². The fraction of sp³-hybridized carbons (Fsp3) is 0.722. The average Bonchev–Trinajstić information content (AvgIpc) is 2.97. The smallest absolute Gasteiger partial charge is 0.252 e. The molecule has 1 aromatic heterocycles. The van der Waals surface area contributed by atoms with E-state index < -0.39 is 0 Å². The molecular weight excluding hydrogens is 304 g/mol. The van der Waals surface area contributed by atoms with Gasteiger partial charge in [0.1, 0.15) is 0 Å². The van der Waals surface area contributed by atoms with E-state index in [1.165, 1.54) is 31.7 Å². The molecule has 2 heterocycles. The SMILES string of the molecule is Cc1cc(=O)[nH]c(N2CCC(NC(=O)CC3CCCCC3C)C2)n1. The van der Waals surface area contributed by atoms with Crippen LogP contribution in [-0.4, -0.2) is 35.0 Å². The van der Waals surface area contributed by atoms with Crippen LogP contribution in [-0.2, 0) is 4.79 Å². The first-order valence-electron chi connectivity index (χ1n) is 9.13. The Kier molecular flexibility index (Phi) is 5.21. The highest BCUT2D eigenvalue weighted by Gasteiger charge is 2.28. The summed E-state index contributed by atoms with van der Waals surface area (Å²) in [6, 6.07) is 1.63. The van der Waals surface area contributed by atoms with Crippen molar-refractivity contribution in [1.29, 1.82) is 0 Å². The number of amides is 1. The van der Waals surface area contributed by atoms with Gasteiger partial charge in [0.25, 0.3) is 5.56 Å². The Labute approximate surface area is 143 Å². The van der Waals surface area contributed by atoms with E-state index in [0.717, 1.165) is 13.0 Å². The molecular formula is C18H28N4O2. The summed E-state index contributed by atoms with van der Waals surface area (Å²) in [6.45, 7) is 5.60. The minimum atomic E-state index is -0.128. The molecule has 2 fully saturated rings. The standard InChI is InChI=1S/C18H28N4O2/c1-12-5-3-4-6-14(12)10-17(24)20-15-7-8-22(11-15)18-19-13(2)9-16(23)21-18/h9,12,14-15H,3-8,10-11H2,1-2H3,(H,20,24)(H,19,21,23). The molecule has 3 atom stereocenters. The summed E-state index contributed by atoms with van der Waals surface area (Å²) >= 11 is 0. The molecule has 6 heteroatoms. The van der Waals surface area contributed by atoms with Crippen LogP contribution in [0.4, 0.5) is 5.95 Å². The van der Waals surface area contributed by atoms with Crippen LogP contribution in [0.1, 0.15) is 51.1 Å². The molecule has 24 heavy (non-hydrogen) atoms. The molecule has 3 rings (SSSR count). The molecule has 2 aliphatic rings. The van der Waals surface area contributed by atoms with Crippen molar-refractivity contribution in [3.63, 3.8) is 0 Å². The zero-order valence-electron chi connectivity index (χ0n) is 14.7. The predicted molar refractivity (Wildman–Crippen MR) is 94.1 cm³/mol. The van der Waals surface area contributed by atoms with E-state index in [1.807, 2.05) is 11.8 Å². The van der Waals surface area contributed by atoms with Gasteiger partial charge in [-0.3, -0.25) is 14.6 Å². The number of aryl methyl sites for hydroxylation is 1. The van der Waals surface area contributed by atoms with Gasteiger partial charge in [0.2, 0.25) is 11.9 Å². The van der Waals surface area contributed by atoms with Gasteiger partial charge in [-0.1, -0.05) is 26.2 Å². The van der Waals surface area contributed by atoms with Gasteiger partial charge >= 0.3 is 0 Å². The predicted octanol–water partition coefficient (Wildman–Crippen LogP) is 1.99. The Balaban J connectivity index is 1.52. The Bertz CT molecular complexity index is 642. The van der Waals surface area contributed by atoms with Crippen molar-refractivity contribution in [2.45, 2.75) is 58.4 Å². The Hall–Kier alpha value is -1.85. The van der Waals surface area contributed by atoms with Crippen molar-refractivity contribution < 1.29 is 4.79 Å².